The molecule has 0 heterocycles. The molecule has 108 valence electrons. The Morgan fingerprint density at radius 1 is 0.900 bits per heavy atom. The first-order valence-electron chi connectivity index (χ1n) is 7.18. The Kier molecular flexibility index (Phi) is 3.00. The summed E-state index contributed by atoms with van der Waals surface area (Å²) in [5.41, 5.74) is -1.03. The Labute approximate surface area is 118 Å². The summed E-state index contributed by atoms with van der Waals surface area (Å²) in [6.07, 6.45) is 7.38. The molecule has 4 fully saturated rings. The van der Waals surface area contributed by atoms with Gasteiger partial charge in [0.25, 0.3) is 0 Å². The van der Waals surface area contributed by atoms with Crippen molar-refractivity contribution < 1.29 is 19.1 Å². The molecule has 4 bridgehead atoms. The van der Waals surface area contributed by atoms with E-state index in [2.05, 4.69) is 13.2 Å². The second-order valence-corrected chi connectivity index (χ2v) is 6.67. The van der Waals surface area contributed by atoms with E-state index in [9.17, 15) is 9.59 Å². The SMILES string of the molecule is C=COC(=O)C12CC3CC(C1)CC(C(=O)OC=C)(C3)C2. The van der Waals surface area contributed by atoms with Crippen LogP contribution in [0, 0.1) is 22.7 Å². The van der Waals surface area contributed by atoms with Gasteiger partial charge in [-0.25, -0.2) is 0 Å². The third kappa shape index (κ3) is 1.81. The molecule has 4 aliphatic carbocycles. The Morgan fingerprint density at radius 2 is 1.30 bits per heavy atom. The quantitative estimate of drug-likeness (QED) is 0.585. The molecule has 4 nitrogen and oxygen atoms in total. The van der Waals surface area contributed by atoms with Crippen molar-refractivity contribution in [3.63, 3.8) is 0 Å². The monoisotopic (exact) mass is 276 g/mol. The molecule has 0 unspecified atom stereocenters. The molecule has 0 aromatic heterocycles. The fraction of sp³-hybridized carbons (Fsp3) is 0.625. The highest BCUT2D eigenvalue weighted by Crippen LogP contribution is 2.65. The smallest absolute Gasteiger partial charge is 0.316 e. The molecule has 0 saturated heterocycles. The van der Waals surface area contributed by atoms with E-state index in [1.807, 2.05) is 0 Å². The average Bonchev–Trinajstić information content (AvgIpc) is 2.37. The molecule has 0 aromatic rings. The zero-order valence-electron chi connectivity index (χ0n) is 11.6. The number of carbonyl (C=O) groups is 2. The third-order valence-corrected chi connectivity index (χ3v) is 5.31. The number of ether oxygens (including phenoxy) is 2. The molecule has 4 aliphatic rings. The Hall–Kier alpha value is -1.58. The molecular formula is C16H20O4. The highest BCUT2D eigenvalue weighted by atomic mass is 16.5. The molecule has 20 heavy (non-hydrogen) atoms. The van der Waals surface area contributed by atoms with Crippen molar-refractivity contribution in [2.45, 2.75) is 38.5 Å². The van der Waals surface area contributed by atoms with Gasteiger partial charge in [0.05, 0.1) is 23.4 Å². The molecule has 4 rings (SSSR count). The van der Waals surface area contributed by atoms with Gasteiger partial charge >= 0.3 is 11.9 Å². The number of rotatable bonds is 4. The first-order chi connectivity index (χ1) is 9.53. The van der Waals surface area contributed by atoms with Crippen LogP contribution in [0.3, 0.4) is 0 Å². The Balaban J connectivity index is 1.93. The summed E-state index contributed by atoms with van der Waals surface area (Å²) < 4.78 is 10.1. The molecule has 0 N–H and O–H groups in total. The highest BCUT2D eigenvalue weighted by molar-refractivity contribution is 5.83. The molecule has 0 aromatic carbocycles. The summed E-state index contributed by atoms with van der Waals surface area (Å²) >= 11 is 0. The van der Waals surface area contributed by atoms with Gasteiger partial charge in [-0.3, -0.25) is 9.59 Å². The van der Waals surface area contributed by atoms with Crippen LogP contribution in [0.25, 0.3) is 0 Å². The van der Waals surface area contributed by atoms with Gasteiger partial charge in [-0.05, 0) is 50.4 Å². The zero-order valence-corrected chi connectivity index (χ0v) is 11.6. The van der Waals surface area contributed by atoms with E-state index in [-0.39, 0.29) is 11.9 Å². The summed E-state index contributed by atoms with van der Waals surface area (Å²) in [6.45, 7) is 6.92. The summed E-state index contributed by atoms with van der Waals surface area (Å²) in [5.74, 6) is 0.395. The summed E-state index contributed by atoms with van der Waals surface area (Å²) in [7, 11) is 0. The van der Waals surface area contributed by atoms with Crippen LogP contribution in [0.2, 0.25) is 0 Å². The maximum Gasteiger partial charge on any atom is 0.316 e. The second-order valence-electron chi connectivity index (χ2n) is 6.67. The van der Waals surface area contributed by atoms with E-state index < -0.39 is 10.8 Å². The second kappa shape index (κ2) is 4.47. The predicted octanol–water partition coefficient (Wildman–Crippen LogP) is 2.95. The molecule has 4 heteroatoms. The largest absolute Gasteiger partial charge is 0.435 e. The molecule has 0 radical (unpaired) electrons. The van der Waals surface area contributed by atoms with E-state index in [4.69, 9.17) is 9.47 Å². The lowest BCUT2D eigenvalue weighted by atomic mass is 9.44. The highest BCUT2D eigenvalue weighted by Gasteiger charge is 2.64. The number of carbonyl (C=O) groups excluding carboxylic acids is 2. The molecule has 0 aliphatic heterocycles. The minimum absolute atomic E-state index is 0.225. The van der Waals surface area contributed by atoms with Crippen molar-refractivity contribution >= 4 is 11.9 Å². The van der Waals surface area contributed by atoms with Crippen LogP contribution in [-0.2, 0) is 19.1 Å². The van der Waals surface area contributed by atoms with E-state index in [1.165, 1.54) is 12.5 Å². The van der Waals surface area contributed by atoms with Gasteiger partial charge in [0.2, 0.25) is 0 Å². The molecule has 0 spiro atoms. The minimum atomic E-state index is -0.515. The van der Waals surface area contributed by atoms with E-state index >= 15 is 0 Å². The van der Waals surface area contributed by atoms with Crippen LogP contribution in [0.4, 0.5) is 0 Å². The van der Waals surface area contributed by atoms with Crippen LogP contribution in [0.1, 0.15) is 38.5 Å². The normalized spacial score (nSPS) is 41.0. The van der Waals surface area contributed by atoms with Gasteiger partial charge in [-0.1, -0.05) is 13.2 Å². The first-order valence-corrected chi connectivity index (χ1v) is 7.18. The summed E-state index contributed by atoms with van der Waals surface area (Å²) in [6, 6.07) is 0. The van der Waals surface area contributed by atoms with Crippen molar-refractivity contribution in [2.24, 2.45) is 22.7 Å². The minimum Gasteiger partial charge on any atom is -0.435 e. The molecule has 0 atom stereocenters. The summed E-state index contributed by atoms with van der Waals surface area (Å²) in [5, 5.41) is 0. The van der Waals surface area contributed by atoms with Gasteiger partial charge in [-0.2, -0.15) is 0 Å². The molecular weight excluding hydrogens is 256 g/mol. The maximum atomic E-state index is 12.4. The number of esters is 2. The van der Waals surface area contributed by atoms with Crippen LogP contribution in [0.5, 0.6) is 0 Å². The molecule has 0 amide bonds. The van der Waals surface area contributed by atoms with Crippen molar-refractivity contribution in [3.8, 4) is 0 Å². The van der Waals surface area contributed by atoms with Crippen LogP contribution >= 0.6 is 0 Å². The maximum absolute atomic E-state index is 12.4. The van der Waals surface area contributed by atoms with Crippen LogP contribution in [-0.4, -0.2) is 11.9 Å². The van der Waals surface area contributed by atoms with E-state index in [0.29, 0.717) is 18.3 Å². The van der Waals surface area contributed by atoms with Crippen LogP contribution < -0.4 is 0 Å². The van der Waals surface area contributed by atoms with Gasteiger partial charge < -0.3 is 9.47 Å². The van der Waals surface area contributed by atoms with Gasteiger partial charge in [0.1, 0.15) is 0 Å². The fourth-order valence-electron chi connectivity index (χ4n) is 5.14. The lowest BCUT2D eigenvalue weighted by Crippen LogP contribution is -2.57. The zero-order chi connectivity index (χ0) is 14.4. The number of hydrogen-bond acceptors (Lipinski definition) is 4. The topological polar surface area (TPSA) is 52.6 Å². The Morgan fingerprint density at radius 3 is 1.65 bits per heavy atom. The van der Waals surface area contributed by atoms with Crippen LogP contribution in [0.15, 0.2) is 25.7 Å². The Bertz CT molecular complexity index is 425. The fourth-order valence-corrected chi connectivity index (χ4v) is 5.14. The molecule has 4 saturated carbocycles. The van der Waals surface area contributed by atoms with Gasteiger partial charge in [0, 0.05) is 0 Å². The lowest BCUT2D eigenvalue weighted by Gasteiger charge is -2.59. The van der Waals surface area contributed by atoms with E-state index in [1.54, 1.807) is 0 Å². The van der Waals surface area contributed by atoms with Crippen molar-refractivity contribution in [3.05, 3.63) is 25.7 Å². The average molecular weight is 276 g/mol. The van der Waals surface area contributed by atoms with Gasteiger partial charge in [0.15, 0.2) is 0 Å². The predicted molar refractivity (Wildman–Crippen MR) is 72.1 cm³/mol. The standard InChI is InChI=1S/C16H20O4/c1-3-19-13(17)15-6-11-5-12(7-15)9-16(8-11,10-15)14(18)20-4-2/h3-4,11-12H,1-2,5-10H2. The van der Waals surface area contributed by atoms with Gasteiger partial charge in [-0.15, -0.1) is 0 Å². The lowest BCUT2D eigenvalue weighted by molar-refractivity contribution is -0.188. The number of hydrogen-bond donors (Lipinski definition) is 0. The van der Waals surface area contributed by atoms with Crippen molar-refractivity contribution in [1.82, 2.24) is 0 Å². The van der Waals surface area contributed by atoms with Crippen molar-refractivity contribution in [2.75, 3.05) is 0 Å². The first kappa shape index (κ1) is 13.4. The van der Waals surface area contributed by atoms with E-state index in [0.717, 1.165) is 32.1 Å². The summed E-state index contributed by atoms with van der Waals surface area (Å²) in [4.78, 5) is 24.7. The van der Waals surface area contributed by atoms with Crippen molar-refractivity contribution in [1.29, 1.82) is 0 Å². The third-order valence-electron chi connectivity index (χ3n) is 5.31.